The lowest BCUT2D eigenvalue weighted by atomic mass is 10.2. The molecule has 0 aromatic rings. The van der Waals surface area contributed by atoms with Crippen LogP contribution < -0.4 is 9.44 Å². The van der Waals surface area contributed by atoms with Crippen molar-refractivity contribution in [3.8, 4) is 0 Å². The summed E-state index contributed by atoms with van der Waals surface area (Å²) in [6, 6.07) is -1.07. The van der Waals surface area contributed by atoms with Gasteiger partial charge in [0, 0.05) is 6.54 Å². The highest BCUT2D eigenvalue weighted by Gasteiger charge is 2.22. The van der Waals surface area contributed by atoms with Gasteiger partial charge in [-0.25, -0.2) is 4.72 Å². The monoisotopic (exact) mass is 270 g/mol. The second-order valence-electron chi connectivity index (χ2n) is 3.19. The zero-order valence-corrected chi connectivity index (χ0v) is 11.0. The molecule has 0 amide bonds. The van der Waals surface area contributed by atoms with Crippen LogP contribution in [0.1, 0.15) is 19.8 Å². The fraction of sp³-hybridized carbons (Fsp3) is 0.875. The normalized spacial score (nSPS) is 13.6. The van der Waals surface area contributed by atoms with E-state index in [1.54, 1.807) is 0 Å². The third kappa shape index (κ3) is 7.04. The van der Waals surface area contributed by atoms with Crippen molar-refractivity contribution >= 4 is 27.9 Å². The van der Waals surface area contributed by atoms with Crippen molar-refractivity contribution < 1.29 is 18.3 Å². The number of carbonyl (C=O) groups is 1. The number of hydrogen-bond acceptors (Lipinski definition) is 4. The van der Waals surface area contributed by atoms with Gasteiger partial charge >= 0.3 is 5.97 Å². The molecule has 0 aliphatic carbocycles. The number of aliphatic carboxylic acids is 1. The Labute approximate surface area is 100 Å². The Balaban J connectivity index is 4.32. The molecule has 0 fully saturated rings. The molecular formula is C8H18N2O4S2. The zero-order chi connectivity index (χ0) is 12.6. The third-order valence-electron chi connectivity index (χ3n) is 1.75. The summed E-state index contributed by atoms with van der Waals surface area (Å²) < 4.78 is 27.1. The SMILES string of the molecule is CCCNS(=O)(=O)N[C@@H](CCSC)C(=O)O. The van der Waals surface area contributed by atoms with Crippen LogP contribution in [-0.2, 0) is 15.0 Å². The number of thioether (sulfide) groups is 1. The second kappa shape index (κ2) is 7.88. The van der Waals surface area contributed by atoms with Crippen LogP contribution in [0.3, 0.4) is 0 Å². The lowest BCUT2D eigenvalue weighted by Gasteiger charge is -2.14. The highest BCUT2D eigenvalue weighted by molar-refractivity contribution is 7.98. The van der Waals surface area contributed by atoms with Crippen molar-refractivity contribution in [1.29, 1.82) is 0 Å². The van der Waals surface area contributed by atoms with Crippen LogP contribution in [0, 0.1) is 0 Å². The van der Waals surface area contributed by atoms with Crippen molar-refractivity contribution in [1.82, 2.24) is 9.44 Å². The first-order chi connectivity index (χ1) is 7.43. The molecule has 8 heteroatoms. The van der Waals surface area contributed by atoms with Gasteiger partial charge in [0.1, 0.15) is 6.04 Å². The van der Waals surface area contributed by atoms with Gasteiger partial charge in [-0.3, -0.25) is 4.79 Å². The molecule has 16 heavy (non-hydrogen) atoms. The van der Waals surface area contributed by atoms with Crippen molar-refractivity contribution in [2.45, 2.75) is 25.8 Å². The van der Waals surface area contributed by atoms with E-state index in [2.05, 4.69) is 9.44 Å². The van der Waals surface area contributed by atoms with Crippen molar-refractivity contribution in [3.63, 3.8) is 0 Å². The molecule has 6 nitrogen and oxygen atoms in total. The predicted molar refractivity (Wildman–Crippen MR) is 64.8 cm³/mol. The summed E-state index contributed by atoms with van der Waals surface area (Å²) in [5.74, 6) is -0.566. The molecule has 0 aliphatic rings. The van der Waals surface area contributed by atoms with E-state index < -0.39 is 22.2 Å². The van der Waals surface area contributed by atoms with Gasteiger partial charge in [-0.15, -0.1) is 0 Å². The molecule has 0 heterocycles. The summed E-state index contributed by atoms with van der Waals surface area (Å²) in [6.07, 6.45) is 2.76. The molecule has 0 saturated heterocycles. The minimum atomic E-state index is -3.71. The van der Waals surface area contributed by atoms with Crippen LogP contribution in [0.5, 0.6) is 0 Å². The number of carboxylic acids is 1. The van der Waals surface area contributed by atoms with Gasteiger partial charge in [-0.05, 0) is 24.9 Å². The average molecular weight is 270 g/mol. The van der Waals surface area contributed by atoms with Crippen LogP contribution in [0.2, 0.25) is 0 Å². The quantitative estimate of drug-likeness (QED) is 0.549. The lowest BCUT2D eigenvalue weighted by molar-refractivity contribution is -0.139. The molecule has 0 unspecified atom stereocenters. The van der Waals surface area contributed by atoms with Gasteiger partial charge in [0.15, 0.2) is 0 Å². The van der Waals surface area contributed by atoms with Crippen molar-refractivity contribution in [3.05, 3.63) is 0 Å². The first kappa shape index (κ1) is 15.7. The van der Waals surface area contributed by atoms with E-state index >= 15 is 0 Å². The Bertz CT molecular complexity index is 305. The Hall–Kier alpha value is -0.310. The van der Waals surface area contributed by atoms with E-state index in [1.165, 1.54) is 11.8 Å². The molecule has 0 rings (SSSR count). The predicted octanol–water partition coefficient (Wildman–Crippen LogP) is 0.0267. The maximum Gasteiger partial charge on any atom is 0.321 e. The Morgan fingerprint density at radius 1 is 1.50 bits per heavy atom. The first-order valence-corrected chi connectivity index (χ1v) is 7.79. The molecule has 0 saturated carbocycles. The summed E-state index contributed by atoms with van der Waals surface area (Å²) in [5.41, 5.74) is 0. The minimum absolute atomic E-state index is 0.267. The Kier molecular flexibility index (Phi) is 7.73. The van der Waals surface area contributed by atoms with Crippen LogP contribution in [0.15, 0.2) is 0 Å². The molecule has 0 aromatic heterocycles. The van der Waals surface area contributed by atoms with Gasteiger partial charge in [0.25, 0.3) is 10.2 Å². The van der Waals surface area contributed by atoms with E-state index in [-0.39, 0.29) is 6.42 Å². The summed E-state index contributed by atoms with van der Waals surface area (Å²) in [5, 5.41) is 8.82. The van der Waals surface area contributed by atoms with E-state index in [0.29, 0.717) is 18.7 Å². The number of hydrogen-bond donors (Lipinski definition) is 3. The Morgan fingerprint density at radius 3 is 2.56 bits per heavy atom. The van der Waals surface area contributed by atoms with Gasteiger partial charge in [-0.1, -0.05) is 6.92 Å². The minimum Gasteiger partial charge on any atom is -0.480 e. The van der Waals surface area contributed by atoms with Gasteiger partial charge < -0.3 is 5.11 Å². The topological polar surface area (TPSA) is 95.5 Å². The maximum absolute atomic E-state index is 11.4. The van der Waals surface area contributed by atoms with Crippen LogP contribution >= 0.6 is 11.8 Å². The van der Waals surface area contributed by atoms with Crippen LogP contribution in [0.4, 0.5) is 0 Å². The smallest absolute Gasteiger partial charge is 0.321 e. The molecule has 0 spiro atoms. The van der Waals surface area contributed by atoms with Gasteiger partial charge in [-0.2, -0.15) is 24.9 Å². The molecule has 96 valence electrons. The van der Waals surface area contributed by atoms with E-state index in [9.17, 15) is 13.2 Å². The molecule has 0 aromatic carbocycles. The Morgan fingerprint density at radius 2 is 2.12 bits per heavy atom. The first-order valence-electron chi connectivity index (χ1n) is 4.91. The zero-order valence-electron chi connectivity index (χ0n) is 9.39. The summed E-state index contributed by atoms with van der Waals surface area (Å²) in [6.45, 7) is 2.12. The van der Waals surface area contributed by atoms with Crippen LogP contribution in [0.25, 0.3) is 0 Å². The molecular weight excluding hydrogens is 252 g/mol. The highest BCUT2D eigenvalue weighted by atomic mass is 32.2. The molecule has 3 N–H and O–H groups in total. The molecule has 0 bridgehead atoms. The summed E-state index contributed by atoms with van der Waals surface area (Å²) in [7, 11) is -3.71. The molecule has 0 radical (unpaired) electrons. The lowest BCUT2D eigenvalue weighted by Crippen LogP contribution is -2.46. The van der Waals surface area contributed by atoms with Crippen molar-refractivity contribution in [2.75, 3.05) is 18.6 Å². The average Bonchev–Trinajstić information content (AvgIpc) is 2.21. The van der Waals surface area contributed by atoms with Crippen molar-refractivity contribution in [2.24, 2.45) is 0 Å². The highest BCUT2D eigenvalue weighted by Crippen LogP contribution is 2.02. The summed E-state index contributed by atoms with van der Waals surface area (Å²) in [4.78, 5) is 10.8. The van der Waals surface area contributed by atoms with E-state index in [0.717, 1.165) is 0 Å². The van der Waals surface area contributed by atoms with Gasteiger partial charge in [0.05, 0.1) is 0 Å². The fourth-order valence-corrected chi connectivity index (χ4v) is 2.55. The standard InChI is InChI=1S/C8H18N2O4S2/c1-3-5-9-16(13,14)10-7(8(11)12)4-6-15-2/h7,9-10H,3-6H2,1-2H3,(H,11,12)/t7-/m0/s1. The second-order valence-corrected chi connectivity index (χ2v) is 5.70. The van der Waals surface area contributed by atoms with E-state index in [4.69, 9.17) is 5.11 Å². The largest absolute Gasteiger partial charge is 0.480 e. The number of nitrogens with one attached hydrogen (secondary N) is 2. The third-order valence-corrected chi connectivity index (χ3v) is 3.57. The number of rotatable bonds is 9. The maximum atomic E-state index is 11.4. The number of carboxylic acid groups (broad SMARTS) is 1. The summed E-state index contributed by atoms with van der Waals surface area (Å²) >= 11 is 1.47. The molecule has 0 aliphatic heterocycles. The fourth-order valence-electron chi connectivity index (χ4n) is 0.934. The van der Waals surface area contributed by atoms with Crippen LogP contribution in [-0.4, -0.2) is 44.1 Å². The molecule has 1 atom stereocenters. The van der Waals surface area contributed by atoms with Gasteiger partial charge in [0.2, 0.25) is 0 Å². The van der Waals surface area contributed by atoms with E-state index in [1.807, 2.05) is 13.2 Å².